The molecule has 8 unspecified atom stereocenters. The molecule has 2 saturated carbocycles. The first-order chi connectivity index (χ1) is 15.5. The minimum absolute atomic E-state index is 0.0126. The molecule has 0 bridgehead atoms. The van der Waals surface area contributed by atoms with Crippen LogP contribution in [0.5, 0.6) is 0 Å². The topological polar surface area (TPSA) is 30.8 Å². The third-order valence-corrected chi connectivity index (χ3v) is 8.56. The summed E-state index contributed by atoms with van der Waals surface area (Å²) < 4.78 is 0. The summed E-state index contributed by atoms with van der Waals surface area (Å²) in [6.45, 7) is 14.9. The number of hydrogen-bond donors (Lipinski definition) is 0. The highest BCUT2D eigenvalue weighted by Crippen LogP contribution is 2.49. The Kier molecular flexibility index (Phi) is 9.57. The van der Waals surface area contributed by atoms with Gasteiger partial charge in [-0.2, -0.15) is 9.68 Å². The Morgan fingerprint density at radius 3 is 2.53 bits per heavy atom. The van der Waals surface area contributed by atoms with E-state index in [9.17, 15) is 0 Å². The SMILES string of the molecule is C=NC1C(C(=C)/C=C\C)[N+]1(OC)OC(CCC1CCCC(C)C1)C1CCCCC(CC)C1. The van der Waals surface area contributed by atoms with Crippen LogP contribution in [0.25, 0.3) is 0 Å². The lowest BCUT2D eigenvalue weighted by molar-refractivity contribution is -1.18. The molecule has 182 valence electrons. The molecule has 1 aliphatic heterocycles. The second-order valence-electron chi connectivity index (χ2n) is 10.9. The van der Waals surface area contributed by atoms with Gasteiger partial charge in [-0.1, -0.05) is 77.5 Å². The molecular formula is C28H49N2O2+. The van der Waals surface area contributed by atoms with Gasteiger partial charge < -0.3 is 0 Å². The smallest absolute Gasteiger partial charge is 0.231 e. The summed E-state index contributed by atoms with van der Waals surface area (Å²) in [5, 5.41) is 0. The Morgan fingerprint density at radius 2 is 1.88 bits per heavy atom. The highest BCUT2D eigenvalue weighted by atomic mass is 17.0. The van der Waals surface area contributed by atoms with Gasteiger partial charge in [0.25, 0.3) is 6.04 Å². The first-order valence-electron chi connectivity index (χ1n) is 13.4. The van der Waals surface area contributed by atoms with Crippen molar-refractivity contribution in [1.82, 2.24) is 0 Å². The summed E-state index contributed by atoms with van der Waals surface area (Å²) in [5.74, 6) is 3.17. The molecule has 3 rings (SSSR count). The fraction of sp³-hybridized carbons (Fsp3) is 0.821. The minimum Gasteiger partial charge on any atom is -0.231 e. The predicted octanol–water partition coefficient (Wildman–Crippen LogP) is 7.42. The normalized spacial score (nSPS) is 38.9. The average Bonchev–Trinajstić information content (AvgIpc) is 3.50. The third-order valence-electron chi connectivity index (χ3n) is 8.56. The van der Waals surface area contributed by atoms with Crippen LogP contribution < -0.4 is 0 Å². The maximum absolute atomic E-state index is 6.97. The molecule has 0 aromatic carbocycles. The molecular weight excluding hydrogens is 396 g/mol. The first-order valence-corrected chi connectivity index (χ1v) is 13.4. The van der Waals surface area contributed by atoms with E-state index >= 15 is 0 Å². The lowest BCUT2D eigenvalue weighted by Crippen LogP contribution is -2.39. The van der Waals surface area contributed by atoms with Crippen molar-refractivity contribution in [2.75, 3.05) is 7.11 Å². The van der Waals surface area contributed by atoms with E-state index in [0.29, 0.717) is 5.92 Å². The van der Waals surface area contributed by atoms with Gasteiger partial charge in [0.05, 0.1) is 7.11 Å². The Hall–Kier alpha value is -0.970. The first kappa shape index (κ1) is 25.6. The molecule has 32 heavy (non-hydrogen) atoms. The summed E-state index contributed by atoms with van der Waals surface area (Å²) in [6.07, 6.45) is 20.1. The summed E-state index contributed by atoms with van der Waals surface area (Å²) in [5.41, 5.74) is 1.01. The van der Waals surface area contributed by atoms with E-state index in [2.05, 4.69) is 38.2 Å². The molecule has 3 fully saturated rings. The summed E-state index contributed by atoms with van der Waals surface area (Å²) in [6, 6.07) is 0.0126. The standard InChI is InChI=1S/C28H49N2O2/c1-7-12-22(4)27-28(29-5)30(27,31-6)32-26(18-17-24-15-11-13-21(3)19-24)25-16-10-9-14-23(8-2)20-25/h7,12,21,23-28H,4-5,8-11,13-20H2,1-3,6H3/q+1/b12-7-. The number of hydroxylamine groups is 4. The van der Waals surface area contributed by atoms with Crippen LogP contribution in [0.4, 0.5) is 0 Å². The second kappa shape index (κ2) is 11.9. The second-order valence-corrected chi connectivity index (χ2v) is 10.9. The lowest BCUT2D eigenvalue weighted by atomic mass is 9.78. The minimum atomic E-state index is -0.117. The number of nitrogens with zero attached hydrogens (tertiary/aromatic N) is 2. The van der Waals surface area contributed by atoms with Crippen LogP contribution in [-0.2, 0) is 9.68 Å². The number of rotatable bonds is 11. The number of hydrogen-bond acceptors (Lipinski definition) is 3. The van der Waals surface area contributed by atoms with Gasteiger partial charge in [-0.25, -0.2) is 4.99 Å². The van der Waals surface area contributed by atoms with Crippen molar-refractivity contribution in [2.45, 2.75) is 116 Å². The zero-order chi connectivity index (χ0) is 23.1. The maximum atomic E-state index is 6.97. The largest absolute Gasteiger partial charge is 0.306 e. The molecule has 1 heterocycles. The molecule has 0 amide bonds. The van der Waals surface area contributed by atoms with Crippen LogP contribution in [0.3, 0.4) is 0 Å². The van der Waals surface area contributed by atoms with Crippen LogP contribution in [0.15, 0.2) is 29.3 Å². The van der Waals surface area contributed by atoms with Crippen LogP contribution in [0, 0.1) is 23.7 Å². The molecule has 0 radical (unpaired) electrons. The van der Waals surface area contributed by atoms with E-state index in [1.165, 1.54) is 70.6 Å². The van der Waals surface area contributed by atoms with E-state index in [1.54, 1.807) is 7.11 Å². The Balaban J connectivity index is 1.77. The molecule has 4 nitrogen and oxygen atoms in total. The average molecular weight is 446 g/mol. The van der Waals surface area contributed by atoms with Gasteiger partial charge in [0.1, 0.15) is 6.10 Å². The summed E-state index contributed by atoms with van der Waals surface area (Å²) in [7, 11) is 1.75. The van der Waals surface area contributed by atoms with Crippen molar-refractivity contribution in [3.05, 3.63) is 24.3 Å². The van der Waals surface area contributed by atoms with Crippen molar-refractivity contribution in [3.63, 3.8) is 0 Å². The molecule has 0 N–H and O–H groups in total. The van der Waals surface area contributed by atoms with Gasteiger partial charge >= 0.3 is 6.17 Å². The van der Waals surface area contributed by atoms with Gasteiger partial charge in [-0.15, -0.1) is 0 Å². The number of quaternary nitrogens is 1. The molecule has 4 heteroatoms. The van der Waals surface area contributed by atoms with Gasteiger partial charge in [-0.3, -0.25) is 0 Å². The molecule has 0 aromatic rings. The molecule has 2 aliphatic carbocycles. The van der Waals surface area contributed by atoms with E-state index < -0.39 is 0 Å². The van der Waals surface area contributed by atoms with Crippen LogP contribution in [0.1, 0.15) is 97.8 Å². The van der Waals surface area contributed by atoms with E-state index in [4.69, 9.17) is 9.68 Å². The quantitative estimate of drug-likeness (QED) is 0.109. The van der Waals surface area contributed by atoms with Crippen molar-refractivity contribution >= 4 is 6.72 Å². The molecule has 1 saturated heterocycles. The molecule has 8 atom stereocenters. The summed E-state index contributed by atoms with van der Waals surface area (Å²) in [4.78, 5) is 17.5. The maximum Gasteiger partial charge on any atom is 0.306 e. The zero-order valence-corrected chi connectivity index (χ0v) is 21.3. The van der Waals surface area contributed by atoms with Gasteiger partial charge in [0.2, 0.25) is 0 Å². The zero-order valence-electron chi connectivity index (χ0n) is 21.3. The van der Waals surface area contributed by atoms with Crippen molar-refractivity contribution in [2.24, 2.45) is 28.7 Å². The van der Waals surface area contributed by atoms with Crippen LogP contribution in [-0.4, -0.2) is 36.9 Å². The van der Waals surface area contributed by atoms with E-state index in [1.807, 2.05) is 13.0 Å². The van der Waals surface area contributed by atoms with Gasteiger partial charge in [-0.05, 0) is 69.4 Å². The van der Waals surface area contributed by atoms with Crippen LogP contribution >= 0.6 is 0 Å². The highest BCUT2D eigenvalue weighted by molar-refractivity contribution is 5.29. The monoisotopic (exact) mass is 445 g/mol. The number of aliphatic imine (C=N–C) groups is 1. The fourth-order valence-electron chi connectivity index (χ4n) is 6.65. The van der Waals surface area contributed by atoms with E-state index in [-0.39, 0.29) is 23.1 Å². The fourth-order valence-corrected chi connectivity index (χ4v) is 6.65. The van der Waals surface area contributed by atoms with Crippen molar-refractivity contribution in [1.29, 1.82) is 0 Å². The highest BCUT2D eigenvalue weighted by Gasteiger charge is 2.75. The van der Waals surface area contributed by atoms with Gasteiger partial charge in [0.15, 0.2) is 0 Å². The lowest BCUT2D eigenvalue weighted by Gasteiger charge is -2.32. The van der Waals surface area contributed by atoms with Gasteiger partial charge in [0, 0.05) is 10.4 Å². The Labute approximate surface area is 197 Å². The third kappa shape index (κ3) is 5.93. The molecule has 0 spiro atoms. The van der Waals surface area contributed by atoms with E-state index in [0.717, 1.165) is 29.7 Å². The Morgan fingerprint density at radius 1 is 1.12 bits per heavy atom. The van der Waals surface area contributed by atoms with Crippen LogP contribution in [0.2, 0.25) is 0 Å². The predicted molar refractivity (Wildman–Crippen MR) is 134 cm³/mol. The van der Waals surface area contributed by atoms with Crippen molar-refractivity contribution < 1.29 is 14.5 Å². The number of allylic oxidation sites excluding steroid dienone is 1. The molecule has 3 aliphatic rings. The Bertz CT molecular complexity index is 647. The molecule has 0 aromatic heterocycles. The summed E-state index contributed by atoms with van der Waals surface area (Å²) >= 11 is 0. The van der Waals surface area contributed by atoms with Crippen molar-refractivity contribution in [3.8, 4) is 0 Å².